The summed E-state index contributed by atoms with van der Waals surface area (Å²) < 4.78 is 8.17. The number of rotatable bonds is 4. The molecule has 0 unspecified atom stereocenters. The average Bonchev–Trinajstić information content (AvgIpc) is 3.32. The number of ether oxygens (including phenoxy) is 1. The van der Waals surface area contributed by atoms with Crippen LogP contribution >= 0.6 is 0 Å². The summed E-state index contributed by atoms with van der Waals surface area (Å²) in [5.41, 5.74) is 4.94. The number of benzene rings is 2. The molecule has 1 aliphatic rings. The summed E-state index contributed by atoms with van der Waals surface area (Å²) in [6, 6.07) is 21.4. The molecule has 1 fully saturated rings. The van der Waals surface area contributed by atoms with E-state index >= 15 is 0 Å². The molecule has 2 aromatic carbocycles. The molecule has 3 heteroatoms. The first-order chi connectivity index (χ1) is 11.8. The van der Waals surface area contributed by atoms with Crippen molar-refractivity contribution in [3.8, 4) is 5.69 Å². The van der Waals surface area contributed by atoms with E-state index in [1.165, 1.54) is 22.5 Å². The van der Waals surface area contributed by atoms with Crippen molar-refractivity contribution < 1.29 is 4.74 Å². The Morgan fingerprint density at radius 2 is 1.75 bits per heavy atom. The van der Waals surface area contributed by atoms with E-state index in [9.17, 15) is 0 Å². The Kier molecular flexibility index (Phi) is 4.09. The lowest BCUT2D eigenvalue weighted by atomic mass is 10.1. The highest BCUT2D eigenvalue weighted by Gasteiger charge is 2.27. The molecule has 0 bridgehead atoms. The van der Waals surface area contributed by atoms with Crippen LogP contribution < -0.4 is 4.90 Å². The summed E-state index contributed by atoms with van der Waals surface area (Å²) in [5, 5.41) is 0. The molecule has 2 heterocycles. The minimum absolute atomic E-state index is 0.0106. The van der Waals surface area contributed by atoms with Gasteiger partial charge in [-0.25, -0.2) is 0 Å². The van der Waals surface area contributed by atoms with Crippen LogP contribution in [0.3, 0.4) is 0 Å². The highest BCUT2D eigenvalue weighted by atomic mass is 16.5. The van der Waals surface area contributed by atoms with Crippen LogP contribution in [0.15, 0.2) is 73.1 Å². The highest BCUT2D eigenvalue weighted by Crippen LogP contribution is 2.32. The average molecular weight is 318 g/mol. The summed E-state index contributed by atoms with van der Waals surface area (Å²) in [6.07, 6.45) is 5.34. The number of aryl methyl sites for hydroxylation is 1. The van der Waals surface area contributed by atoms with Crippen molar-refractivity contribution >= 4 is 5.69 Å². The summed E-state index contributed by atoms with van der Waals surface area (Å²) in [6.45, 7) is 3.86. The molecule has 3 aromatic rings. The van der Waals surface area contributed by atoms with Gasteiger partial charge in [-0.3, -0.25) is 0 Å². The van der Waals surface area contributed by atoms with Gasteiger partial charge in [-0.2, -0.15) is 0 Å². The molecule has 1 saturated heterocycles. The van der Waals surface area contributed by atoms with Gasteiger partial charge in [0.05, 0.1) is 6.61 Å². The predicted molar refractivity (Wildman–Crippen MR) is 97.6 cm³/mol. The van der Waals surface area contributed by atoms with Gasteiger partial charge in [0.25, 0.3) is 0 Å². The first-order valence-corrected chi connectivity index (χ1v) is 8.55. The number of hydrogen-bond donors (Lipinski definition) is 0. The minimum Gasteiger partial charge on any atom is -0.352 e. The Morgan fingerprint density at radius 3 is 2.50 bits per heavy atom. The van der Waals surface area contributed by atoms with Gasteiger partial charge in [0.1, 0.15) is 0 Å². The van der Waals surface area contributed by atoms with Crippen LogP contribution in [-0.4, -0.2) is 17.7 Å². The summed E-state index contributed by atoms with van der Waals surface area (Å²) in [4.78, 5) is 2.32. The van der Waals surface area contributed by atoms with Gasteiger partial charge < -0.3 is 14.2 Å². The van der Waals surface area contributed by atoms with Crippen molar-refractivity contribution in [3.63, 3.8) is 0 Å². The molecule has 1 atom stereocenters. The number of anilines is 1. The molecule has 3 nitrogen and oxygen atoms in total. The van der Waals surface area contributed by atoms with Gasteiger partial charge >= 0.3 is 0 Å². The van der Waals surface area contributed by atoms with Crippen LogP contribution in [0.1, 0.15) is 24.3 Å². The van der Waals surface area contributed by atoms with Crippen molar-refractivity contribution in [3.05, 3.63) is 84.2 Å². The Hall–Kier alpha value is -2.52. The molecule has 1 aromatic heterocycles. The Labute approximate surface area is 143 Å². The molecule has 24 heavy (non-hydrogen) atoms. The first-order valence-electron chi connectivity index (χ1n) is 8.55. The molecule has 122 valence electrons. The van der Waals surface area contributed by atoms with Crippen LogP contribution in [-0.2, 0) is 11.2 Å². The fourth-order valence-corrected chi connectivity index (χ4v) is 3.25. The topological polar surface area (TPSA) is 17.4 Å². The van der Waals surface area contributed by atoms with Crippen molar-refractivity contribution in [1.82, 2.24) is 4.57 Å². The fraction of sp³-hybridized carbons (Fsp3) is 0.238. The van der Waals surface area contributed by atoms with Crippen LogP contribution in [0.2, 0.25) is 0 Å². The SMILES string of the molecule is CCc1ccc(-n2ccc([C@H]3OCCN3c3ccccc3)c2)cc1. The summed E-state index contributed by atoms with van der Waals surface area (Å²) >= 11 is 0. The third-order valence-electron chi connectivity index (χ3n) is 4.62. The maximum Gasteiger partial charge on any atom is 0.158 e. The molecular weight excluding hydrogens is 296 g/mol. The third kappa shape index (κ3) is 2.83. The van der Waals surface area contributed by atoms with Crippen LogP contribution in [0, 0.1) is 0 Å². The monoisotopic (exact) mass is 318 g/mol. The lowest BCUT2D eigenvalue weighted by molar-refractivity contribution is 0.114. The minimum atomic E-state index is -0.0106. The maximum atomic E-state index is 6.00. The van der Waals surface area contributed by atoms with Gasteiger partial charge in [-0.1, -0.05) is 37.3 Å². The molecule has 0 amide bonds. The standard InChI is InChI=1S/C21H22N2O/c1-2-17-8-10-19(11-9-17)22-13-12-18(16-22)21-23(14-15-24-21)20-6-4-3-5-7-20/h3-13,16,21H,2,14-15H2,1H3/t21-/m1/s1. The second-order valence-electron chi connectivity index (χ2n) is 6.12. The van der Waals surface area contributed by atoms with Crippen LogP contribution in [0.4, 0.5) is 5.69 Å². The van der Waals surface area contributed by atoms with Gasteiger partial charge in [-0.05, 0) is 42.3 Å². The molecule has 0 spiro atoms. The number of nitrogens with zero attached hydrogens (tertiary/aromatic N) is 2. The largest absolute Gasteiger partial charge is 0.352 e. The normalized spacial score (nSPS) is 17.4. The van der Waals surface area contributed by atoms with Gasteiger partial charge in [0.15, 0.2) is 6.23 Å². The van der Waals surface area contributed by atoms with E-state index in [4.69, 9.17) is 4.74 Å². The molecular formula is C21H22N2O. The number of para-hydroxylation sites is 1. The van der Waals surface area contributed by atoms with E-state index in [1.54, 1.807) is 0 Å². The highest BCUT2D eigenvalue weighted by molar-refractivity contribution is 5.49. The predicted octanol–water partition coefficient (Wildman–Crippen LogP) is 4.58. The van der Waals surface area contributed by atoms with E-state index in [0.717, 1.165) is 19.6 Å². The van der Waals surface area contributed by atoms with E-state index in [-0.39, 0.29) is 6.23 Å². The van der Waals surface area contributed by atoms with Crippen molar-refractivity contribution in [2.24, 2.45) is 0 Å². The van der Waals surface area contributed by atoms with Gasteiger partial charge in [0.2, 0.25) is 0 Å². The second-order valence-corrected chi connectivity index (χ2v) is 6.12. The van der Waals surface area contributed by atoms with Crippen molar-refractivity contribution in [2.75, 3.05) is 18.1 Å². The third-order valence-corrected chi connectivity index (χ3v) is 4.62. The molecule has 1 aliphatic heterocycles. The second kappa shape index (κ2) is 6.54. The molecule has 4 rings (SSSR count). The zero-order valence-electron chi connectivity index (χ0n) is 13.9. The van der Waals surface area contributed by atoms with E-state index in [0.29, 0.717) is 0 Å². The Bertz CT molecular complexity index is 792. The Balaban J connectivity index is 1.59. The van der Waals surface area contributed by atoms with E-state index < -0.39 is 0 Å². The number of aromatic nitrogens is 1. The van der Waals surface area contributed by atoms with Crippen molar-refractivity contribution in [1.29, 1.82) is 0 Å². The zero-order valence-corrected chi connectivity index (χ0v) is 13.9. The van der Waals surface area contributed by atoms with Crippen LogP contribution in [0.25, 0.3) is 5.69 Å². The molecule has 0 radical (unpaired) electrons. The Morgan fingerprint density at radius 1 is 0.958 bits per heavy atom. The van der Waals surface area contributed by atoms with Crippen LogP contribution in [0.5, 0.6) is 0 Å². The van der Waals surface area contributed by atoms with Gasteiger partial charge in [-0.15, -0.1) is 0 Å². The lowest BCUT2D eigenvalue weighted by Gasteiger charge is -2.24. The van der Waals surface area contributed by atoms with Gasteiger partial charge in [0, 0.05) is 35.9 Å². The quantitative estimate of drug-likeness (QED) is 0.701. The fourth-order valence-electron chi connectivity index (χ4n) is 3.25. The molecule has 0 saturated carbocycles. The smallest absolute Gasteiger partial charge is 0.158 e. The van der Waals surface area contributed by atoms with Crippen molar-refractivity contribution in [2.45, 2.75) is 19.6 Å². The first kappa shape index (κ1) is 15.0. The lowest BCUT2D eigenvalue weighted by Crippen LogP contribution is -2.22. The maximum absolute atomic E-state index is 6.00. The number of hydrogen-bond acceptors (Lipinski definition) is 2. The molecule has 0 N–H and O–H groups in total. The van der Waals surface area contributed by atoms with E-state index in [1.807, 2.05) is 6.07 Å². The summed E-state index contributed by atoms with van der Waals surface area (Å²) in [7, 11) is 0. The van der Waals surface area contributed by atoms with E-state index in [2.05, 4.69) is 83.4 Å². The summed E-state index contributed by atoms with van der Waals surface area (Å²) in [5.74, 6) is 0. The zero-order chi connectivity index (χ0) is 16.4. The molecule has 0 aliphatic carbocycles.